The topological polar surface area (TPSA) is 115 Å². The normalized spacial score (nSPS) is 22.9. The van der Waals surface area contributed by atoms with E-state index in [2.05, 4.69) is 0 Å². The number of sulfonamides is 1. The van der Waals surface area contributed by atoms with E-state index in [-0.39, 0.29) is 30.3 Å². The molecule has 1 aliphatic heterocycles. The number of hydrogen-bond donors (Lipinski definition) is 1. The van der Waals surface area contributed by atoms with Crippen molar-refractivity contribution in [2.45, 2.75) is 31.7 Å². The fourth-order valence-corrected chi connectivity index (χ4v) is 4.06. The van der Waals surface area contributed by atoms with Crippen molar-refractivity contribution in [2.75, 3.05) is 31.4 Å². The molecule has 0 aromatic carbocycles. The largest absolute Gasteiger partial charge is 0.321 e. The Morgan fingerprint density at radius 2 is 1.90 bits per heavy atom. The molecule has 0 aliphatic carbocycles. The molecule has 2 N–H and O–H groups in total. The third-order valence-electron chi connectivity index (χ3n) is 3.65. The highest BCUT2D eigenvalue weighted by Gasteiger charge is 2.28. The van der Waals surface area contributed by atoms with Crippen molar-refractivity contribution in [2.24, 2.45) is 11.7 Å². The highest BCUT2D eigenvalue weighted by molar-refractivity contribution is 7.90. The fourth-order valence-electron chi connectivity index (χ4n) is 2.43. The minimum absolute atomic E-state index is 0.0368. The molecule has 21 heavy (non-hydrogen) atoms. The summed E-state index contributed by atoms with van der Waals surface area (Å²) >= 11 is 0. The van der Waals surface area contributed by atoms with E-state index >= 15 is 0 Å². The first-order chi connectivity index (χ1) is 9.49. The van der Waals surface area contributed by atoms with Crippen LogP contribution in [0.15, 0.2) is 0 Å². The van der Waals surface area contributed by atoms with Crippen LogP contribution < -0.4 is 5.73 Å². The molecule has 7 nitrogen and oxygen atoms in total. The van der Waals surface area contributed by atoms with E-state index in [0.29, 0.717) is 13.1 Å². The second-order valence-corrected chi connectivity index (χ2v) is 10.1. The second-order valence-electron chi connectivity index (χ2n) is 5.82. The lowest BCUT2D eigenvalue weighted by atomic mass is 9.91. The number of sulfone groups is 1. The van der Waals surface area contributed by atoms with Gasteiger partial charge in [-0.1, -0.05) is 0 Å². The van der Waals surface area contributed by atoms with Crippen molar-refractivity contribution in [3.05, 3.63) is 0 Å². The van der Waals surface area contributed by atoms with E-state index in [0.717, 1.165) is 25.4 Å². The number of piperidine rings is 1. The van der Waals surface area contributed by atoms with Crippen LogP contribution in [-0.2, 0) is 24.7 Å². The summed E-state index contributed by atoms with van der Waals surface area (Å²) in [5.41, 5.74) is 5.72. The summed E-state index contributed by atoms with van der Waals surface area (Å²) in [6.45, 7) is 0.826. The predicted molar refractivity (Wildman–Crippen MR) is 81.1 cm³/mol. The quantitative estimate of drug-likeness (QED) is 0.660. The van der Waals surface area contributed by atoms with Gasteiger partial charge in [0.2, 0.25) is 10.0 Å². The van der Waals surface area contributed by atoms with Crippen LogP contribution in [0.25, 0.3) is 0 Å². The average Bonchev–Trinajstić information content (AvgIpc) is 2.34. The first-order valence-electron chi connectivity index (χ1n) is 6.90. The number of hydrogen-bond acceptors (Lipinski definition) is 6. The highest BCUT2D eigenvalue weighted by Crippen LogP contribution is 2.22. The molecule has 0 saturated carbocycles. The van der Waals surface area contributed by atoms with Gasteiger partial charge in [0, 0.05) is 25.8 Å². The van der Waals surface area contributed by atoms with E-state index in [4.69, 9.17) is 5.73 Å². The molecule has 0 aromatic rings. The Hall–Kier alpha value is -0.510. The molecule has 124 valence electrons. The number of nitrogens with two attached hydrogens (primary N) is 1. The highest BCUT2D eigenvalue weighted by atomic mass is 32.2. The zero-order valence-electron chi connectivity index (χ0n) is 12.5. The van der Waals surface area contributed by atoms with Crippen LogP contribution in [-0.4, -0.2) is 64.3 Å². The molecule has 0 spiro atoms. The minimum Gasteiger partial charge on any atom is -0.321 e. The number of carbonyl (C=O) groups is 1. The summed E-state index contributed by atoms with van der Waals surface area (Å²) in [5.74, 6) is -0.343. The molecule has 1 saturated heterocycles. The van der Waals surface area contributed by atoms with Gasteiger partial charge >= 0.3 is 0 Å². The summed E-state index contributed by atoms with van der Waals surface area (Å²) in [7, 11) is -6.37. The maximum atomic E-state index is 12.0. The fraction of sp³-hybridized carbons (Fsp3) is 0.917. The second kappa shape index (κ2) is 7.17. The number of rotatable bonds is 7. The summed E-state index contributed by atoms with van der Waals surface area (Å²) in [4.78, 5) is 12.0. The van der Waals surface area contributed by atoms with Gasteiger partial charge in [0.1, 0.15) is 15.6 Å². The predicted octanol–water partition coefficient (Wildman–Crippen LogP) is -0.621. The van der Waals surface area contributed by atoms with Crippen LogP contribution >= 0.6 is 0 Å². The van der Waals surface area contributed by atoms with Gasteiger partial charge in [0.25, 0.3) is 0 Å². The summed E-state index contributed by atoms with van der Waals surface area (Å²) < 4.78 is 46.5. The van der Waals surface area contributed by atoms with E-state index < -0.39 is 25.9 Å². The standard InChI is InChI=1S/C12H24N2O5S2/c1-20(16,17)7-5-11(13)12(15)8-10-4-3-6-14(9-10)21(2,18)19/h10-11H,3-9,13H2,1-2H3. The number of ketones is 1. The van der Waals surface area contributed by atoms with Gasteiger partial charge in [-0.3, -0.25) is 4.79 Å². The lowest BCUT2D eigenvalue weighted by Gasteiger charge is -2.31. The maximum Gasteiger partial charge on any atom is 0.211 e. The smallest absolute Gasteiger partial charge is 0.211 e. The van der Waals surface area contributed by atoms with E-state index in [1.165, 1.54) is 4.31 Å². The van der Waals surface area contributed by atoms with Gasteiger partial charge in [-0.05, 0) is 25.2 Å². The first-order valence-corrected chi connectivity index (χ1v) is 10.8. The Bertz CT molecular complexity index is 570. The maximum absolute atomic E-state index is 12.0. The summed E-state index contributed by atoms with van der Waals surface area (Å²) in [5, 5.41) is 0. The van der Waals surface area contributed by atoms with Gasteiger partial charge in [-0.2, -0.15) is 0 Å². The SMILES string of the molecule is CS(=O)(=O)CCC(N)C(=O)CC1CCCN(S(C)(=O)=O)C1. The van der Waals surface area contributed by atoms with Crippen molar-refractivity contribution in [1.82, 2.24) is 4.31 Å². The Morgan fingerprint density at radius 3 is 2.43 bits per heavy atom. The molecule has 2 unspecified atom stereocenters. The Labute approximate surface area is 126 Å². The third-order valence-corrected chi connectivity index (χ3v) is 5.90. The van der Waals surface area contributed by atoms with E-state index in [1.807, 2.05) is 0 Å². The van der Waals surface area contributed by atoms with Crippen LogP contribution in [0.4, 0.5) is 0 Å². The lowest BCUT2D eigenvalue weighted by molar-refractivity contribution is -0.121. The zero-order chi connectivity index (χ0) is 16.3. The van der Waals surface area contributed by atoms with Crippen LogP contribution in [0.5, 0.6) is 0 Å². The van der Waals surface area contributed by atoms with E-state index in [9.17, 15) is 21.6 Å². The molecule has 0 radical (unpaired) electrons. The minimum atomic E-state index is -3.23. The molecule has 0 aromatic heterocycles. The van der Waals surface area contributed by atoms with Crippen molar-refractivity contribution < 1.29 is 21.6 Å². The van der Waals surface area contributed by atoms with Crippen LogP contribution in [0, 0.1) is 5.92 Å². The monoisotopic (exact) mass is 340 g/mol. The van der Waals surface area contributed by atoms with Gasteiger partial charge in [-0.25, -0.2) is 21.1 Å². The van der Waals surface area contributed by atoms with Gasteiger partial charge in [-0.15, -0.1) is 0 Å². The van der Waals surface area contributed by atoms with Gasteiger partial charge in [0.05, 0.1) is 18.1 Å². The number of Topliss-reactive ketones (excluding diaryl/α,β-unsaturated/α-hetero) is 1. The van der Waals surface area contributed by atoms with Gasteiger partial charge in [0.15, 0.2) is 0 Å². The third kappa shape index (κ3) is 6.86. The van der Waals surface area contributed by atoms with Crippen LogP contribution in [0.1, 0.15) is 25.7 Å². The summed E-state index contributed by atoms with van der Waals surface area (Å²) in [6, 6.07) is -0.798. The molecular formula is C12H24N2O5S2. The van der Waals surface area contributed by atoms with E-state index in [1.54, 1.807) is 0 Å². The molecule has 2 atom stereocenters. The number of nitrogens with zero attached hydrogens (tertiary/aromatic N) is 1. The molecule has 0 amide bonds. The molecule has 1 aliphatic rings. The Morgan fingerprint density at radius 1 is 1.29 bits per heavy atom. The lowest BCUT2D eigenvalue weighted by Crippen LogP contribution is -2.41. The van der Waals surface area contributed by atoms with Crippen molar-refractivity contribution in [3.63, 3.8) is 0 Å². The molecule has 1 fully saturated rings. The Kier molecular flexibility index (Phi) is 6.33. The average molecular weight is 340 g/mol. The van der Waals surface area contributed by atoms with Gasteiger partial charge < -0.3 is 5.73 Å². The van der Waals surface area contributed by atoms with Crippen molar-refractivity contribution in [3.8, 4) is 0 Å². The molecule has 9 heteroatoms. The molecule has 1 heterocycles. The molecule has 1 rings (SSSR count). The van der Waals surface area contributed by atoms with Crippen molar-refractivity contribution >= 4 is 25.6 Å². The summed E-state index contributed by atoms with van der Waals surface area (Å²) in [6.07, 6.45) is 4.10. The Balaban J connectivity index is 2.50. The zero-order valence-corrected chi connectivity index (χ0v) is 14.1. The first kappa shape index (κ1) is 18.5. The molecule has 0 bridgehead atoms. The molecular weight excluding hydrogens is 316 g/mol. The number of carbonyl (C=O) groups excluding carboxylic acids is 1. The van der Waals surface area contributed by atoms with Crippen LogP contribution in [0.3, 0.4) is 0 Å². The van der Waals surface area contributed by atoms with Crippen molar-refractivity contribution in [1.29, 1.82) is 0 Å². The van der Waals surface area contributed by atoms with Crippen LogP contribution in [0.2, 0.25) is 0 Å².